The van der Waals surface area contributed by atoms with E-state index in [0.29, 0.717) is 23.6 Å². The number of aliphatic hydroxyl groups excluding tert-OH is 1. The highest BCUT2D eigenvalue weighted by Crippen LogP contribution is 2.40. The first kappa shape index (κ1) is 13.8. The lowest BCUT2D eigenvalue weighted by Crippen LogP contribution is -2.60. The Morgan fingerprint density at radius 3 is 2.74 bits per heavy atom. The van der Waals surface area contributed by atoms with E-state index in [1.165, 1.54) is 25.7 Å². The minimum absolute atomic E-state index is 0.131. The molecule has 1 saturated heterocycles. The van der Waals surface area contributed by atoms with E-state index in [-0.39, 0.29) is 6.10 Å². The minimum Gasteiger partial charge on any atom is -0.391 e. The van der Waals surface area contributed by atoms with Gasteiger partial charge in [-0.05, 0) is 37.5 Å². The van der Waals surface area contributed by atoms with Crippen molar-refractivity contribution in [2.75, 3.05) is 13.2 Å². The highest BCUT2D eigenvalue weighted by molar-refractivity contribution is 4.97. The lowest BCUT2D eigenvalue weighted by molar-refractivity contribution is -0.132. The Kier molecular flexibility index (Phi) is 3.89. The molecule has 2 saturated carbocycles. The second-order valence-corrected chi connectivity index (χ2v) is 7.54. The zero-order chi connectivity index (χ0) is 13.5. The molecule has 3 heteroatoms. The number of hydrogen-bond acceptors (Lipinski definition) is 3. The summed E-state index contributed by atoms with van der Waals surface area (Å²) in [7, 11) is 0. The fourth-order valence-electron chi connectivity index (χ4n) is 4.41. The first-order chi connectivity index (χ1) is 9.07. The molecule has 4 unspecified atom stereocenters. The fourth-order valence-corrected chi connectivity index (χ4v) is 4.41. The summed E-state index contributed by atoms with van der Waals surface area (Å²) in [4.78, 5) is 2.61. The minimum atomic E-state index is -0.131. The normalized spacial score (nSPS) is 43.7. The first-order valence-electron chi connectivity index (χ1n) is 8.12. The molecular weight excluding hydrogens is 238 g/mol. The first-order valence-corrected chi connectivity index (χ1v) is 8.12. The van der Waals surface area contributed by atoms with Gasteiger partial charge in [0.25, 0.3) is 0 Å². The molecule has 0 spiro atoms. The molecular formula is C16H29NO2. The van der Waals surface area contributed by atoms with Crippen LogP contribution in [0.4, 0.5) is 0 Å². The third-order valence-electron chi connectivity index (χ3n) is 5.52. The lowest BCUT2D eigenvalue weighted by Gasteiger charge is -2.51. The monoisotopic (exact) mass is 267 g/mol. The zero-order valence-corrected chi connectivity index (χ0v) is 12.5. The summed E-state index contributed by atoms with van der Waals surface area (Å²) in [5.74, 6) is 0. The molecule has 0 bridgehead atoms. The van der Waals surface area contributed by atoms with E-state index in [4.69, 9.17) is 4.74 Å². The zero-order valence-electron chi connectivity index (χ0n) is 12.5. The van der Waals surface area contributed by atoms with Gasteiger partial charge in [0.05, 0.1) is 18.8 Å². The van der Waals surface area contributed by atoms with Gasteiger partial charge >= 0.3 is 0 Å². The molecule has 3 rings (SSSR count). The Morgan fingerprint density at radius 1 is 1.11 bits per heavy atom. The van der Waals surface area contributed by atoms with Crippen LogP contribution in [0.2, 0.25) is 0 Å². The van der Waals surface area contributed by atoms with Crippen molar-refractivity contribution in [3.05, 3.63) is 0 Å². The van der Waals surface area contributed by atoms with Gasteiger partial charge in [-0.15, -0.1) is 0 Å². The standard InChI is InChI=1S/C16H29NO2/c1-16(2)8-7-14(18)13(11-16)17-9-10-19-15-6-4-3-5-12(15)17/h12-15,18H,3-11H2,1-2H3. The number of fused-ring (bicyclic) bond motifs is 1. The Labute approximate surface area is 117 Å². The maximum Gasteiger partial charge on any atom is 0.0731 e. The van der Waals surface area contributed by atoms with Gasteiger partial charge in [-0.3, -0.25) is 4.90 Å². The number of morpholine rings is 1. The van der Waals surface area contributed by atoms with Gasteiger partial charge in [0.1, 0.15) is 0 Å². The maximum atomic E-state index is 10.5. The molecule has 0 aromatic rings. The summed E-state index contributed by atoms with van der Waals surface area (Å²) < 4.78 is 5.97. The van der Waals surface area contributed by atoms with Crippen LogP contribution in [0.5, 0.6) is 0 Å². The molecule has 19 heavy (non-hydrogen) atoms. The number of ether oxygens (including phenoxy) is 1. The van der Waals surface area contributed by atoms with Gasteiger partial charge in [0, 0.05) is 18.6 Å². The molecule has 0 amide bonds. The van der Waals surface area contributed by atoms with Crippen LogP contribution in [0.25, 0.3) is 0 Å². The van der Waals surface area contributed by atoms with Crippen molar-refractivity contribution < 1.29 is 9.84 Å². The van der Waals surface area contributed by atoms with Crippen LogP contribution >= 0.6 is 0 Å². The Balaban J connectivity index is 1.75. The Hall–Kier alpha value is -0.120. The molecule has 0 aromatic heterocycles. The van der Waals surface area contributed by atoms with E-state index in [1.807, 2.05) is 0 Å². The molecule has 1 aliphatic heterocycles. The van der Waals surface area contributed by atoms with Crippen molar-refractivity contribution in [3.8, 4) is 0 Å². The van der Waals surface area contributed by atoms with E-state index in [2.05, 4.69) is 18.7 Å². The van der Waals surface area contributed by atoms with Crippen LogP contribution in [-0.2, 0) is 4.74 Å². The van der Waals surface area contributed by atoms with E-state index in [1.54, 1.807) is 0 Å². The average molecular weight is 267 g/mol. The summed E-state index contributed by atoms with van der Waals surface area (Å²) in [6.45, 7) is 6.57. The number of aliphatic hydroxyl groups is 1. The molecule has 1 N–H and O–H groups in total. The number of nitrogens with zero attached hydrogens (tertiary/aromatic N) is 1. The van der Waals surface area contributed by atoms with Crippen molar-refractivity contribution >= 4 is 0 Å². The quantitative estimate of drug-likeness (QED) is 0.792. The predicted molar refractivity (Wildman–Crippen MR) is 76.1 cm³/mol. The van der Waals surface area contributed by atoms with Crippen molar-refractivity contribution in [2.45, 2.75) is 83.1 Å². The number of hydrogen-bond donors (Lipinski definition) is 1. The summed E-state index contributed by atoms with van der Waals surface area (Å²) in [6.07, 6.45) is 8.67. The Morgan fingerprint density at radius 2 is 1.89 bits per heavy atom. The highest BCUT2D eigenvalue weighted by Gasteiger charge is 2.43. The van der Waals surface area contributed by atoms with Crippen LogP contribution in [-0.4, -0.2) is 47.4 Å². The van der Waals surface area contributed by atoms with Crippen LogP contribution < -0.4 is 0 Å². The highest BCUT2D eigenvalue weighted by atomic mass is 16.5. The van der Waals surface area contributed by atoms with Gasteiger partial charge in [0.2, 0.25) is 0 Å². The molecule has 4 atom stereocenters. The third kappa shape index (κ3) is 2.84. The predicted octanol–water partition coefficient (Wildman–Crippen LogP) is 2.57. The Bertz CT molecular complexity index is 316. The van der Waals surface area contributed by atoms with Crippen LogP contribution in [0.15, 0.2) is 0 Å². The van der Waals surface area contributed by atoms with Gasteiger partial charge in [0.15, 0.2) is 0 Å². The summed E-state index contributed by atoms with van der Waals surface area (Å²) >= 11 is 0. The lowest BCUT2D eigenvalue weighted by atomic mass is 9.72. The fraction of sp³-hybridized carbons (Fsp3) is 1.00. The van der Waals surface area contributed by atoms with Gasteiger partial charge in [-0.2, -0.15) is 0 Å². The molecule has 3 fully saturated rings. The number of rotatable bonds is 1. The van der Waals surface area contributed by atoms with Crippen LogP contribution in [0, 0.1) is 5.41 Å². The van der Waals surface area contributed by atoms with Crippen molar-refractivity contribution in [3.63, 3.8) is 0 Å². The third-order valence-corrected chi connectivity index (χ3v) is 5.52. The van der Waals surface area contributed by atoms with Gasteiger partial charge < -0.3 is 9.84 Å². The largest absolute Gasteiger partial charge is 0.391 e. The second-order valence-electron chi connectivity index (χ2n) is 7.54. The van der Waals surface area contributed by atoms with Crippen LogP contribution in [0.3, 0.4) is 0 Å². The topological polar surface area (TPSA) is 32.7 Å². The smallest absolute Gasteiger partial charge is 0.0731 e. The van der Waals surface area contributed by atoms with E-state index >= 15 is 0 Å². The molecule has 0 radical (unpaired) electrons. The average Bonchev–Trinajstić information content (AvgIpc) is 2.41. The van der Waals surface area contributed by atoms with Crippen molar-refractivity contribution in [1.29, 1.82) is 0 Å². The molecule has 0 aromatic carbocycles. The molecule has 1 heterocycles. The molecule has 3 nitrogen and oxygen atoms in total. The second kappa shape index (κ2) is 5.34. The summed E-state index contributed by atoms with van der Waals surface area (Å²) in [6, 6.07) is 0.925. The van der Waals surface area contributed by atoms with Gasteiger partial charge in [-0.1, -0.05) is 26.7 Å². The van der Waals surface area contributed by atoms with Crippen molar-refractivity contribution in [2.24, 2.45) is 5.41 Å². The molecule has 3 aliphatic rings. The van der Waals surface area contributed by atoms with E-state index < -0.39 is 0 Å². The maximum absolute atomic E-state index is 10.5. The van der Waals surface area contributed by atoms with E-state index in [9.17, 15) is 5.11 Å². The summed E-state index contributed by atoms with van der Waals surface area (Å²) in [5.41, 5.74) is 0.381. The van der Waals surface area contributed by atoms with Gasteiger partial charge in [-0.25, -0.2) is 0 Å². The molecule has 110 valence electrons. The van der Waals surface area contributed by atoms with E-state index in [0.717, 1.165) is 32.4 Å². The van der Waals surface area contributed by atoms with Crippen molar-refractivity contribution in [1.82, 2.24) is 4.90 Å². The molecule has 2 aliphatic carbocycles. The van der Waals surface area contributed by atoms with Crippen LogP contribution in [0.1, 0.15) is 58.8 Å². The SMILES string of the molecule is CC1(C)CCC(O)C(N2CCOC3CCCCC32)C1. The summed E-state index contributed by atoms with van der Waals surface area (Å²) in [5, 5.41) is 10.5.